The standard InChI is InChI=1S/C12H27N/c1-10(2)11(3)8-7-9-13-12(4,5)6/h10-11,13H,7-9H2,1-6H3. The highest BCUT2D eigenvalue weighted by Crippen LogP contribution is 2.15. The lowest BCUT2D eigenvalue weighted by atomic mass is 9.93. The lowest BCUT2D eigenvalue weighted by molar-refractivity contribution is 0.358. The molecule has 0 aromatic rings. The Morgan fingerprint density at radius 2 is 1.62 bits per heavy atom. The van der Waals surface area contributed by atoms with Crippen molar-refractivity contribution in [3.63, 3.8) is 0 Å². The third-order valence-corrected chi connectivity index (χ3v) is 2.63. The summed E-state index contributed by atoms with van der Waals surface area (Å²) in [6, 6.07) is 0. The fraction of sp³-hybridized carbons (Fsp3) is 1.00. The molecule has 0 aromatic heterocycles. The Kier molecular flexibility index (Phi) is 5.62. The predicted molar refractivity (Wildman–Crippen MR) is 61.0 cm³/mol. The van der Waals surface area contributed by atoms with Crippen LogP contribution in [0.2, 0.25) is 0 Å². The average Bonchev–Trinajstić information content (AvgIpc) is 1.95. The third kappa shape index (κ3) is 8.29. The number of rotatable bonds is 5. The van der Waals surface area contributed by atoms with Crippen molar-refractivity contribution in [2.24, 2.45) is 11.8 Å². The van der Waals surface area contributed by atoms with Gasteiger partial charge >= 0.3 is 0 Å². The molecular formula is C12H27N. The SMILES string of the molecule is CC(C)C(C)CCCNC(C)(C)C. The molecule has 1 N–H and O–H groups in total. The molecule has 0 spiro atoms. The zero-order chi connectivity index (χ0) is 10.5. The molecule has 0 fully saturated rings. The highest BCUT2D eigenvalue weighted by Gasteiger charge is 2.09. The van der Waals surface area contributed by atoms with E-state index in [1.165, 1.54) is 12.8 Å². The molecule has 1 unspecified atom stereocenters. The second-order valence-electron chi connectivity index (χ2n) is 5.54. The van der Waals surface area contributed by atoms with Gasteiger partial charge < -0.3 is 5.32 Å². The van der Waals surface area contributed by atoms with Crippen molar-refractivity contribution < 1.29 is 0 Å². The summed E-state index contributed by atoms with van der Waals surface area (Å²) in [5.41, 5.74) is 0.279. The van der Waals surface area contributed by atoms with Crippen LogP contribution in [0.5, 0.6) is 0 Å². The highest BCUT2D eigenvalue weighted by molar-refractivity contribution is 4.70. The van der Waals surface area contributed by atoms with Crippen molar-refractivity contribution in [1.29, 1.82) is 0 Å². The second-order valence-corrected chi connectivity index (χ2v) is 5.54. The first-order valence-corrected chi connectivity index (χ1v) is 5.58. The quantitative estimate of drug-likeness (QED) is 0.647. The summed E-state index contributed by atoms with van der Waals surface area (Å²) in [5.74, 6) is 1.69. The highest BCUT2D eigenvalue weighted by atomic mass is 14.9. The van der Waals surface area contributed by atoms with Gasteiger partial charge in [-0.3, -0.25) is 0 Å². The lowest BCUT2D eigenvalue weighted by Crippen LogP contribution is -2.36. The minimum absolute atomic E-state index is 0.279. The van der Waals surface area contributed by atoms with Crippen LogP contribution in [-0.4, -0.2) is 12.1 Å². The molecule has 80 valence electrons. The van der Waals surface area contributed by atoms with E-state index in [1.807, 2.05) is 0 Å². The molecule has 1 nitrogen and oxygen atoms in total. The molecular weight excluding hydrogens is 158 g/mol. The summed E-state index contributed by atoms with van der Waals surface area (Å²) in [6.45, 7) is 14.8. The van der Waals surface area contributed by atoms with Crippen LogP contribution in [0.25, 0.3) is 0 Å². The zero-order valence-corrected chi connectivity index (χ0v) is 10.3. The molecule has 0 saturated heterocycles. The zero-order valence-electron chi connectivity index (χ0n) is 10.3. The van der Waals surface area contributed by atoms with Gasteiger partial charge in [0.15, 0.2) is 0 Å². The Morgan fingerprint density at radius 3 is 2.00 bits per heavy atom. The summed E-state index contributed by atoms with van der Waals surface area (Å²) in [5, 5.41) is 3.52. The molecule has 0 aromatic carbocycles. The van der Waals surface area contributed by atoms with Crippen LogP contribution in [0.15, 0.2) is 0 Å². The molecule has 0 aliphatic carbocycles. The van der Waals surface area contributed by atoms with Crippen LogP contribution < -0.4 is 5.32 Å². The molecule has 0 heterocycles. The van der Waals surface area contributed by atoms with E-state index in [2.05, 4.69) is 46.9 Å². The predicted octanol–water partition coefficient (Wildman–Crippen LogP) is 3.45. The number of hydrogen-bond donors (Lipinski definition) is 1. The minimum Gasteiger partial charge on any atom is -0.312 e. The summed E-state index contributed by atoms with van der Waals surface area (Å²) in [6.07, 6.45) is 2.65. The molecule has 1 heteroatoms. The normalized spacial score (nSPS) is 15.0. The largest absolute Gasteiger partial charge is 0.312 e. The van der Waals surface area contributed by atoms with Crippen LogP contribution in [0, 0.1) is 11.8 Å². The van der Waals surface area contributed by atoms with E-state index in [-0.39, 0.29) is 5.54 Å². The van der Waals surface area contributed by atoms with E-state index in [1.54, 1.807) is 0 Å². The fourth-order valence-electron chi connectivity index (χ4n) is 1.22. The van der Waals surface area contributed by atoms with E-state index in [0.29, 0.717) is 0 Å². The van der Waals surface area contributed by atoms with Gasteiger partial charge in [0, 0.05) is 5.54 Å². The van der Waals surface area contributed by atoms with E-state index in [4.69, 9.17) is 0 Å². The number of nitrogens with one attached hydrogen (secondary N) is 1. The Morgan fingerprint density at radius 1 is 1.08 bits per heavy atom. The molecule has 0 aliphatic heterocycles. The molecule has 0 radical (unpaired) electrons. The van der Waals surface area contributed by atoms with E-state index < -0.39 is 0 Å². The average molecular weight is 185 g/mol. The molecule has 13 heavy (non-hydrogen) atoms. The van der Waals surface area contributed by atoms with Gasteiger partial charge in [0.05, 0.1) is 0 Å². The topological polar surface area (TPSA) is 12.0 Å². The van der Waals surface area contributed by atoms with E-state index >= 15 is 0 Å². The van der Waals surface area contributed by atoms with Gasteiger partial charge in [-0.05, 0) is 52.0 Å². The smallest absolute Gasteiger partial charge is 0.00965 e. The second kappa shape index (κ2) is 5.64. The van der Waals surface area contributed by atoms with Crippen molar-refractivity contribution in [3.8, 4) is 0 Å². The molecule has 0 bridgehead atoms. The first kappa shape index (κ1) is 13.0. The van der Waals surface area contributed by atoms with Crippen LogP contribution in [-0.2, 0) is 0 Å². The molecule has 0 amide bonds. The summed E-state index contributed by atoms with van der Waals surface area (Å²) < 4.78 is 0. The van der Waals surface area contributed by atoms with Gasteiger partial charge in [0.2, 0.25) is 0 Å². The first-order valence-electron chi connectivity index (χ1n) is 5.58. The Hall–Kier alpha value is -0.0400. The maximum Gasteiger partial charge on any atom is 0.00965 e. The first-order chi connectivity index (χ1) is 5.83. The summed E-state index contributed by atoms with van der Waals surface area (Å²) >= 11 is 0. The molecule has 0 aliphatic rings. The van der Waals surface area contributed by atoms with Crippen molar-refractivity contribution in [3.05, 3.63) is 0 Å². The minimum atomic E-state index is 0.279. The van der Waals surface area contributed by atoms with Crippen LogP contribution in [0.3, 0.4) is 0 Å². The number of hydrogen-bond acceptors (Lipinski definition) is 1. The van der Waals surface area contributed by atoms with Gasteiger partial charge in [-0.25, -0.2) is 0 Å². The summed E-state index contributed by atoms with van der Waals surface area (Å²) in [7, 11) is 0. The molecule has 0 rings (SSSR count). The summed E-state index contributed by atoms with van der Waals surface area (Å²) in [4.78, 5) is 0. The lowest BCUT2D eigenvalue weighted by Gasteiger charge is -2.21. The van der Waals surface area contributed by atoms with Crippen LogP contribution in [0.1, 0.15) is 54.4 Å². The van der Waals surface area contributed by atoms with Gasteiger partial charge in [-0.1, -0.05) is 20.8 Å². The van der Waals surface area contributed by atoms with Crippen LogP contribution in [0.4, 0.5) is 0 Å². The molecule has 1 atom stereocenters. The third-order valence-electron chi connectivity index (χ3n) is 2.63. The fourth-order valence-corrected chi connectivity index (χ4v) is 1.22. The van der Waals surface area contributed by atoms with E-state index in [0.717, 1.165) is 18.4 Å². The Balaban J connectivity index is 3.36. The maximum absolute atomic E-state index is 3.52. The van der Waals surface area contributed by atoms with Gasteiger partial charge in [-0.15, -0.1) is 0 Å². The molecule has 0 saturated carbocycles. The van der Waals surface area contributed by atoms with Crippen molar-refractivity contribution in [2.45, 2.75) is 59.9 Å². The van der Waals surface area contributed by atoms with Crippen LogP contribution >= 0.6 is 0 Å². The van der Waals surface area contributed by atoms with Gasteiger partial charge in [-0.2, -0.15) is 0 Å². The van der Waals surface area contributed by atoms with Gasteiger partial charge in [0.25, 0.3) is 0 Å². The maximum atomic E-state index is 3.52. The Bertz CT molecular complexity index is 122. The van der Waals surface area contributed by atoms with E-state index in [9.17, 15) is 0 Å². The van der Waals surface area contributed by atoms with Crippen molar-refractivity contribution in [2.75, 3.05) is 6.54 Å². The van der Waals surface area contributed by atoms with Gasteiger partial charge in [0.1, 0.15) is 0 Å². The van der Waals surface area contributed by atoms with Crippen molar-refractivity contribution in [1.82, 2.24) is 5.32 Å². The monoisotopic (exact) mass is 185 g/mol. The van der Waals surface area contributed by atoms with Crippen molar-refractivity contribution >= 4 is 0 Å². The Labute approximate surface area is 84.3 Å².